The van der Waals surface area contributed by atoms with Crippen LogP contribution in [0.15, 0.2) is 12.4 Å². The van der Waals surface area contributed by atoms with Crippen LogP contribution < -0.4 is 11.1 Å². The van der Waals surface area contributed by atoms with Gasteiger partial charge in [0.25, 0.3) is 0 Å². The van der Waals surface area contributed by atoms with E-state index in [0.29, 0.717) is 18.5 Å². The lowest BCUT2D eigenvalue weighted by Crippen LogP contribution is -2.37. The molecule has 86 valence electrons. The first-order valence-corrected chi connectivity index (χ1v) is 4.84. The first-order valence-electron chi connectivity index (χ1n) is 4.84. The number of hydrogen-bond acceptors (Lipinski definition) is 4. The van der Waals surface area contributed by atoms with E-state index in [2.05, 4.69) is 10.4 Å². The van der Waals surface area contributed by atoms with Gasteiger partial charge in [-0.05, 0) is 12.8 Å². The number of hydrogen-bond donors (Lipinski definition) is 3. The third-order valence-electron chi connectivity index (χ3n) is 2.43. The number of carbonyl (C=O) groups is 2. The van der Waals surface area contributed by atoms with Gasteiger partial charge in [-0.1, -0.05) is 0 Å². The second kappa shape index (κ2) is 3.60. The fourth-order valence-electron chi connectivity index (χ4n) is 1.27. The lowest BCUT2D eigenvalue weighted by molar-refractivity contribution is -0.137. The second-order valence-electron chi connectivity index (χ2n) is 3.93. The molecule has 0 radical (unpaired) electrons. The van der Waals surface area contributed by atoms with Gasteiger partial charge in [-0.25, -0.2) is 0 Å². The van der Waals surface area contributed by atoms with Crippen molar-refractivity contribution in [3.8, 4) is 0 Å². The molecule has 7 nitrogen and oxygen atoms in total. The van der Waals surface area contributed by atoms with Crippen molar-refractivity contribution in [3.05, 3.63) is 12.4 Å². The highest BCUT2D eigenvalue weighted by atomic mass is 16.4. The summed E-state index contributed by atoms with van der Waals surface area (Å²) in [6.07, 6.45) is 4.22. The first kappa shape index (κ1) is 10.6. The minimum atomic E-state index is -0.988. The summed E-state index contributed by atoms with van der Waals surface area (Å²) >= 11 is 0. The largest absolute Gasteiger partial charge is 0.480 e. The lowest BCUT2D eigenvalue weighted by Gasteiger charge is -2.07. The molecule has 1 fully saturated rings. The summed E-state index contributed by atoms with van der Waals surface area (Å²) in [6, 6.07) is 0. The van der Waals surface area contributed by atoms with E-state index < -0.39 is 11.5 Å². The summed E-state index contributed by atoms with van der Waals surface area (Å²) in [6.45, 7) is -0.233. The Morgan fingerprint density at radius 2 is 2.31 bits per heavy atom. The van der Waals surface area contributed by atoms with Crippen molar-refractivity contribution in [1.82, 2.24) is 9.78 Å². The van der Waals surface area contributed by atoms with E-state index in [-0.39, 0.29) is 12.5 Å². The molecule has 0 saturated heterocycles. The molecule has 1 aromatic heterocycles. The Morgan fingerprint density at radius 1 is 1.62 bits per heavy atom. The van der Waals surface area contributed by atoms with Gasteiger partial charge in [0, 0.05) is 6.20 Å². The van der Waals surface area contributed by atoms with Crippen LogP contribution >= 0.6 is 0 Å². The predicted molar refractivity (Wildman–Crippen MR) is 54.6 cm³/mol. The second-order valence-corrected chi connectivity index (χ2v) is 3.93. The summed E-state index contributed by atoms with van der Waals surface area (Å²) in [4.78, 5) is 21.9. The molecule has 0 atom stereocenters. The molecule has 1 saturated carbocycles. The molecule has 0 aromatic carbocycles. The number of nitrogens with zero attached hydrogens (tertiary/aromatic N) is 2. The van der Waals surface area contributed by atoms with Crippen molar-refractivity contribution in [2.24, 2.45) is 5.73 Å². The van der Waals surface area contributed by atoms with Gasteiger partial charge in [-0.15, -0.1) is 0 Å². The van der Waals surface area contributed by atoms with E-state index in [1.165, 1.54) is 17.1 Å². The van der Waals surface area contributed by atoms with Crippen molar-refractivity contribution < 1.29 is 14.7 Å². The Hall–Kier alpha value is -1.89. The molecule has 1 aromatic rings. The van der Waals surface area contributed by atoms with E-state index in [9.17, 15) is 9.59 Å². The average Bonchev–Trinajstić information content (AvgIpc) is 2.79. The van der Waals surface area contributed by atoms with Crippen LogP contribution in [-0.2, 0) is 16.1 Å². The van der Waals surface area contributed by atoms with E-state index in [1.54, 1.807) is 0 Å². The number of aromatic nitrogens is 2. The van der Waals surface area contributed by atoms with Gasteiger partial charge in [-0.3, -0.25) is 14.3 Å². The van der Waals surface area contributed by atoms with Gasteiger partial charge >= 0.3 is 5.97 Å². The van der Waals surface area contributed by atoms with Crippen LogP contribution in [0.4, 0.5) is 5.69 Å². The van der Waals surface area contributed by atoms with Crippen LogP contribution in [0.2, 0.25) is 0 Å². The van der Waals surface area contributed by atoms with Gasteiger partial charge < -0.3 is 16.2 Å². The van der Waals surface area contributed by atoms with Gasteiger partial charge in [0.15, 0.2) is 0 Å². The molecule has 1 aliphatic carbocycles. The minimum absolute atomic E-state index is 0.233. The Labute approximate surface area is 91.2 Å². The number of nitrogens with two attached hydrogens (primary N) is 1. The Bertz CT molecular complexity index is 436. The summed E-state index contributed by atoms with van der Waals surface area (Å²) in [7, 11) is 0. The number of carbonyl (C=O) groups excluding carboxylic acids is 1. The Balaban J connectivity index is 1.97. The molecule has 0 aliphatic heterocycles. The summed E-state index contributed by atoms with van der Waals surface area (Å²) in [5.41, 5.74) is 5.41. The molecule has 0 unspecified atom stereocenters. The molecular formula is C9H12N4O3. The number of nitrogens with one attached hydrogen (secondary N) is 1. The normalized spacial score (nSPS) is 16.8. The highest BCUT2D eigenvalue weighted by Crippen LogP contribution is 2.33. The van der Waals surface area contributed by atoms with E-state index in [4.69, 9.17) is 10.8 Å². The van der Waals surface area contributed by atoms with Crippen molar-refractivity contribution in [2.75, 3.05) is 5.32 Å². The molecule has 4 N–H and O–H groups in total. The molecule has 2 rings (SSSR count). The van der Waals surface area contributed by atoms with Crippen LogP contribution in [0.3, 0.4) is 0 Å². The zero-order valence-electron chi connectivity index (χ0n) is 8.51. The minimum Gasteiger partial charge on any atom is -0.480 e. The Kier molecular flexibility index (Phi) is 2.39. The monoisotopic (exact) mass is 224 g/mol. The molecule has 1 amide bonds. The standard InChI is InChI=1S/C9H12N4O3/c10-9(1-2-9)8(16)12-6-3-11-13(4-6)5-7(14)15/h3-4H,1-2,5,10H2,(H,12,16)(H,14,15). The third kappa shape index (κ3) is 2.19. The van der Waals surface area contributed by atoms with E-state index >= 15 is 0 Å². The van der Waals surface area contributed by atoms with E-state index in [1.807, 2.05) is 0 Å². The number of carboxylic acids is 1. The molecule has 1 aliphatic rings. The van der Waals surface area contributed by atoms with Gasteiger partial charge in [-0.2, -0.15) is 5.10 Å². The number of amides is 1. The highest BCUT2D eigenvalue weighted by Gasteiger charge is 2.46. The zero-order valence-corrected chi connectivity index (χ0v) is 8.51. The Morgan fingerprint density at radius 3 is 2.88 bits per heavy atom. The molecule has 7 heteroatoms. The third-order valence-corrected chi connectivity index (χ3v) is 2.43. The highest BCUT2D eigenvalue weighted by molar-refractivity contribution is 5.99. The van der Waals surface area contributed by atoms with Crippen molar-refractivity contribution in [2.45, 2.75) is 24.9 Å². The van der Waals surface area contributed by atoms with Gasteiger partial charge in [0.2, 0.25) is 5.91 Å². The van der Waals surface area contributed by atoms with Crippen LogP contribution in [0.5, 0.6) is 0 Å². The van der Waals surface area contributed by atoms with Crippen LogP contribution in [-0.4, -0.2) is 32.3 Å². The zero-order chi connectivity index (χ0) is 11.8. The maximum Gasteiger partial charge on any atom is 0.325 e. The fraction of sp³-hybridized carbons (Fsp3) is 0.444. The smallest absolute Gasteiger partial charge is 0.325 e. The molecule has 16 heavy (non-hydrogen) atoms. The van der Waals surface area contributed by atoms with E-state index in [0.717, 1.165) is 0 Å². The average molecular weight is 224 g/mol. The maximum atomic E-state index is 11.5. The van der Waals surface area contributed by atoms with Gasteiger partial charge in [0.05, 0.1) is 17.4 Å². The van der Waals surface area contributed by atoms with Crippen molar-refractivity contribution in [3.63, 3.8) is 0 Å². The van der Waals surface area contributed by atoms with Crippen molar-refractivity contribution >= 4 is 17.6 Å². The lowest BCUT2D eigenvalue weighted by atomic mass is 10.3. The number of anilines is 1. The van der Waals surface area contributed by atoms with Gasteiger partial charge in [0.1, 0.15) is 6.54 Å². The number of carboxylic acid groups (broad SMARTS) is 1. The molecule has 0 spiro atoms. The predicted octanol–water partition coefficient (Wildman–Crippen LogP) is -0.603. The fourth-order valence-corrected chi connectivity index (χ4v) is 1.27. The molecule has 0 bridgehead atoms. The summed E-state index contributed by atoms with van der Waals surface area (Å²) in [5.74, 6) is -1.24. The van der Waals surface area contributed by atoms with Crippen LogP contribution in [0.25, 0.3) is 0 Å². The van der Waals surface area contributed by atoms with Crippen molar-refractivity contribution in [1.29, 1.82) is 0 Å². The number of aliphatic carboxylic acids is 1. The summed E-state index contributed by atoms with van der Waals surface area (Å²) < 4.78 is 1.23. The first-order chi connectivity index (χ1) is 7.49. The quantitative estimate of drug-likeness (QED) is 0.632. The molecular weight excluding hydrogens is 212 g/mol. The van der Waals surface area contributed by atoms with Crippen LogP contribution in [0.1, 0.15) is 12.8 Å². The van der Waals surface area contributed by atoms with Crippen LogP contribution in [0, 0.1) is 0 Å². The maximum absolute atomic E-state index is 11.5. The summed E-state index contributed by atoms with van der Waals surface area (Å²) in [5, 5.41) is 14.9. The topological polar surface area (TPSA) is 110 Å². The SMILES string of the molecule is NC1(C(=O)Nc2cnn(CC(=O)O)c2)CC1. The molecule has 1 heterocycles. The number of rotatable bonds is 4.